The van der Waals surface area contributed by atoms with Crippen LogP contribution >= 0.6 is 23.2 Å². The number of sulfonamides is 1. The van der Waals surface area contributed by atoms with Crippen LogP contribution in [0, 0.1) is 5.82 Å². The quantitative estimate of drug-likeness (QED) is 0.547. The molecule has 0 fully saturated rings. The highest BCUT2D eigenvalue weighted by Gasteiger charge is 2.31. The van der Waals surface area contributed by atoms with Crippen LogP contribution in [0.4, 0.5) is 10.1 Å². The van der Waals surface area contributed by atoms with Crippen LogP contribution in [0.5, 0.6) is 0 Å². The number of hydrogen-bond donors (Lipinski definition) is 1. The van der Waals surface area contributed by atoms with Crippen LogP contribution in [0.3, 0.4) is 0 Å². The molecule has 0 spiro atoms. The molecule has 0 unspecified atom stereocenters. The molecular formula is C22H26Cl2FN3O4S. The van der Waals surface area contributed by atoms with Gasteiger partial charge in [-0.15, -0.1) is 0 Å². The van der Waals surface area contributed by atoms with Gasteiger partial charge < -0.3 is 10.2 Å². The monoisotopic (exact) mass is 517 g/mol. The molecule has 2 aromatic rings. The van der Waals surface area contributed by atoms with Crippen molar-refractivity contribution in [3.05, 3.63) is 63.9 Å². The molecule has 180 valence electrons. The molecule has 2 rings (SSSR count). The van der Waals surface area contributed by atoms with Crippen LogP contribution in [-0.4, -0.2) is 50.0 Å². The number of nitrogens with zero attached hydrogens (tertiary/aromatic N) is 2. The number of rotatable bonds is 9. The Balaban J connectivity index is 2.44. The lowest BCUT2D eigenvalue weighted by atomic mass is 10.1. The molecule has 1 atom stereocenters. The Morgan fingerprint density at radius 2 is 1.73 bits per heavy atom. The predicted molar refractivity (Wildman–Crippen MR) is 128 cm³/mol. The maximum atomic E-state index is 14.3. The highest BCUT2D eigenvalue weighted by atomic mass is 35.5. The molecular weight excluding hydrogens is 492 g/mol. The van der Waals surface area contributed by atoms with Gasteiger partial charge in [-0.25, -0.2) is 12.8 Å². The largest absolute Gasteiger partial charge is 0.352 e. The second kappa shape index (κ2) is 11.2. The van der Waals surface area contributed by atoms with Crippen molar-refractivity contribution in [3.8, 4) is 0 Å². The van der Waals surface area contributed by atoms with Gasteiger partial charge in [0, 0.05) is 23.2 Å². The van der Waals surface area contributed by atoms with E-state index in [4.69, 9.17) is 23.2 Å². The predicted octanol–water partition coefficient (Wildman–Crippen LogP) is 3.84. The van der Waals surface area contributed by atoms with Crippen molar-refractivity contribution >= 4 is 50.7 Å². The first-order chi connectivity index (χ1) is 15.3. The summed E-state index contributed by atoms with van der Waals surface area (Å²) >= 11 is 12.1. The normalized spacial score (nSPS) is 12.4. The van der Waals surface area contributed by atoms with E-state index in [-0.39, 0.29) is 28.9 Å². The average molecular weight is 518 g/mol. The SMILES string of the molecule is CC(C)NC(=O)[C@@H](C)N(Cc1ccccc1F)C(=O)CN(c1ccc(Cl)cc1Cl)S(C)(=O)=O. The third-order valence-electron chi connectivity index (χ3n) is 4.75. The topological polar surface area (TPSA) is 86.8 Å². The highest BCUT2D eigenvalue weighted by molar-refractivity contribution is 7.92. The molecule has 0 aliphatic heterocycles. The van der Waals surface area contributed by atoms with Crippen molar-refractivity contribution in [1.29, 1.82) is 0 Å². The molecule has 11 heteroatoms. The minimum atomic E-state index is -3.94. The minimum Gasteiger partial charge on any atom is -0.352 e. The summed E-state index contributed by atoms with van der Waals surface area (Å²) < 4.78 is 40.2. The van der Waals surface area contributed by atoms with Crippen LogP contribution in [0.2, 0.25) is 10.0 Å². The number of amides is 2. The van der Waals surface area contributed by atoms with E-state index in [0.29, 0.717) is 5.02 Å². The van der Waals surface area contributed by atoms with E-state index >= 15 is 0 Å². The number of nitrogens with one attached hydrogen (secondary N) is 1. The van der Waals surface area contributed by atoms with Crippen LogP contribution in [0.15, 0.2) is 42.5 Å². The van der Waals surface area contributed by atoms with Crippen LogP contribution in [0.1, 0.15) is 26.3 Å². The molecule has 33 heavy (non-hydrogen) atoms. The fourth-order valence-corrected chi connectivity index (χ4v) is 4.50. The molecule has 0 aromatic heterocycles. The molecule has 0 saturated heterocycles. The number of carbonyl (C=O) groups is 2. The van der Waals surface area contributed by atoms with E-state index in [1.165, 1.54) is 43.3 Å². The van der Waals surface area contributed by atoms with Crippen molar-refractivity contribution < 1.29 is 22.4 Å². The lowest BCUT2D eigenvalue weighted by molar-refractivity contribution is -0.139. The van der Waals surface area contributed by atoms with Gasteiger partial charge in [-0.2, -0.15) is 0 Å². The van der Waals surface area contributed by atoms with Gasteiger partial charge in [0.15, 0.2) is 0 Å². The summed E-state index contributed by atoms with van der Waals surface area (Å²) in [5.41, 5.74) is 0.243. The molecule has 1 N–H and O–H groups in total. The van der Waals surface area contributed by atoms with Crippen LogP contribution < -0.4 is 9.62 Å². The summed E-state index contributed by atoms with van der Waals surface area (Å²) in [5, 5.41) is 3.04. The van der Waals surface area contributed by atoms with Gasteiger partial charge in [0.25, 0.3) is 0 Å². The smallest absolute Gasteiger partial charge is 0.244 e. The molecule has 2 amide bonds. The Bertz CT molecular complexity index is 1130. The molecule has 0 heterocycles. The highest BCUT2D eigenvalue weighted by Crippen LogP contribution is 2.30. The van der Waals surface area contributed by atoms with E-state index in [2.05, 4.69) is 5.32 Å². The Kier molecular flexibility index (Phi) is 9.11. The average Bonchev–Trinajstić information content (AvgIpc) is 2.70. The summed E-state index contributed by atoms with van der Waals surface area (Å²) in [7, 11) is -3.94. The summed E-state index contributed by atoms with van der Waals surface area (Å²) in [6.07, 6.45) is 0.932. The lowest BCUT2D eigenvalue weighted by Crippen LogP contribution is -2.52. The first-order valence-electron chi connectivity index (χ1n) is 10.1. The molecule has 7 nitrogen and oxygen atoms in total. The molecule has 0 saturated carbocycles. The minimum absolute atomic E-state index is 0.0342. The van der Waals surface area contributed by atoms with Crippen molar-refractivity contribution in [2.24, 2.45) is 0 Å². The fraction of sp³-hybridized carbons (Fsp3) is 0.364. The fourth-order valence-electron chi connectivity index (χ4n) is 3.08. The summed E-state index contributed by atoms with van der Waals surface area (Å²) in [5.74, 6) is -1.71. The maximum Gasteiger partial charge on any atom is 0.244 e. The summed E-state index contributed by atoms with van der Waals surface area (Å²) in [4.78, 5) is 27.1. The summed E-state index contributed by atoms with van der Waals surface area (Å²) in [6, 6.07) is 8.85. The summed E-state index contributed by atoms with van der Waals surface area (Å²) in [6.45, 7) is 4.15. The zero-order chi connectivity index (χ0) is 24.9. The van der Waals surface area contributed by atoms with E-state index in [1.54, 1.807) is 19.9 Å². The van der Waals surface area contributed by atoms with Gasteiger partial charge in [0.05, 0.1) is 17.0 Å². The Labute approximate surface area is 203 Å². The van der Waals surface area contributed by atoms with Crippen molar-refractivity contribution in [3.63, 3.8) is 0 Å². The number of benzene rings is 2. The Hall–Kier alpha value is -2.36. The first-order valence-corrected chi connectivity index (χ1v) is 12.7. The number of anilines is 1. The lowest BCUT2D eigenvalue weighted by Gasteiger charge is -2.32. The maximum absolute atomic E-state index is 14.3. The molecule has 0 aliphatic carbocycles. The van der Waals surface area contributed by atoms with Gasteiger partial charge in [0.2, 0.25) is 21.8 Å². The van der Waals surface area contributed by atoms with Crippen molar-refractivity contribution in [2.45, 2.75) is 39.4 Å². The Morgan fingerprint density at radius 3 is 2.27 bits per heavy atom. The second-order valence-corrected chi connectivity index (χ2v) is 10.6. The van der Waals surface area contributed by atoms with Gasteiger partial charge in [0.1, 0.15) is 18.4 Å². The van der Waals surface area contributed by atoms with E-state index in [0.717, 1.165) is 15.5 Å². The number of hydrogen-bond acceptors (Lipinski definition) is 4. The van der Waals surface area contributed by atoms with Gasteiger partial charge >= 0.3 is 0 Å². The molecule has 0 radical (unpaired) electrons. The van der Waals surface area contributed by atoms with Gasteiger partial charge in [-0.05, 0) is 45.0 Å². The van der Waals surface area contributed by atoms with Crippen molar-refractivity contribution in [1.82, 2.24) is 10.2 Å². The molecule has 0 aliphatic rings. The zero-order valence-electron chi connectivity index (χ0n) is 18.7. The van der Waals surface area contributed by atoms with Crippen LogP contribution in [-0.2, 0) is 26.2 Å². The van der Waals surface area contributed by atoms with E-state index in [1.807, 2.05) is 0 Å². The van der Waals surface area contributed by atoms with Gasteiger partial charge in [-0.3, -0.25) is 13.9 Å². The third-order valence-corrected chi connectivity index (χ3v) is 6.42. The number of carbonyl (C=O) groups excluding carboxylic acids is 2. The van der Waals surface area contributed by atoms with Crippen LogP contribution in [0.25, 0.3) is 0 Å². The van der Waals surface area contributed by atoms with E-state index in [9.17, 15) is 22.4 Å². The zero-order valence-corrected chi connectivity index (χ0v) is 21.0. The van der Waals surface area contributed by atoms with Gasteiger partial charge in [-0.1, -0.05) is 41.4 Å². The molecule has 0 bridgehead atoms. The third kappa shape index (κ3) is 7.31. The molecule has 2 aromatic carbocycles. The first kappa shape index (κ1) is 26.9. The van der Waals surface area contributed by atoms with Crippen molar-refractivity contribution in [2.75, 3.05) is 17.1 Å². The number of halogens is 3. The standard InChI is InChI=1S/C22H26Cl2FN3O4S/c1-14(2)26-22(30)15(3)27(12-16-7-5-6-8-19(16)25)21(29)13-28(33(4,31)32)20-10-9-17(23)11-18(20)24/h5-11,14-15H,12-13H2,1-4H3,(H,26,30)/t15-/m1/s1. The van der Waals surface area contributed by atoms with E-state index < -0.39 is 40.2 Å². The Morgan fingerprint density at radius 1 is 1.09 bits per heavy atom. The second-order valence-electron chi connectivity index (χ2n) is 7.82.